The third-order valence-electron chi connectivity index (χ3n) is 12.3. The molecule has 1 saturated carbocycles. The number of rotatable bonds is 5. The van der Waals surface area contributed by atoms with Gasteiger partial charge in [0.05, 0.1) is 18.5 Å². The first-order valence-electron chi connectivity index (χ1n) is 19.3. The Morgan fingerprint density at radius 3 is 2.75 bits per heavy atom. The zero-order valence-electron chi connectivity index (χ0n) is 31.9. The minimum Gasteiger partial charge on any atom is -0.485 e. The number of morpholine rings is 1. The van der Waals surface area contributed by atoms with Crippen LogP contribution in [0.5, 0.6) is 5.75 Å². The molecule has 1 aliphatic carbocycles. The topological polar surface area (TPSA) is 114 Å². The number of carbonyl (C=O) groups is 1. The van der Waals surface area contributed by atoms with Crippen LogP contribution in [-0.4, -0.2) is 119 Å². The number of aromatic nitrogens is 1. The number of pyridine rings is 1. The molecule has 1 aromatic rings. The maximum absolute atomic E-state index is 13.6. The maximum Gasteiger partial charge on any atom is 0.283 e. The highest BCUT2D eigenvalue weighted by Gasteiger charge is 2.49. The highest BCUT2D eigenvalue weighted by atomic mass is 35.5. The van der Waals surface area contributed by atoms with Crippen molar-refractivity contribution in [2.45, 2.75) is 76.2 Å². The van der Waals surface area contributed by atoms with Gasteiger partial charge in [0, 0.05) is 64.0 Å². The molecule has 0 spiro atoms. The van der Waals surface area contributed by atoms with Gasteiger partial charge in [0.25, 0.3) is 5.91 Å². The molecule has 0 aromatic carbocycles. The van der Waals surface area contributed by atoms with Crippen molar-refractivity contribution in [1.82, 2.24) is 19.5 Å². The lowest BCUT2D eigenvalue weighted by Crippen LogP contribution is -2.62. The van der Waals surface area contributed by atoms with E-state index < -0.39 is 26.8 Å². The van der Waals surface area contributed by atoms with Crippen molar-refractivity contribution in [3.63, 3.8) is 0 Å². The number of nitrogens with one attached hydrogen (secondary N) is 1. The summed E-state index contributed by atoms with van der Waals surface area (Å²) < 4.78 is 48.5. The van der Waals surface area contributed by atoms with Crippen LogP contribution in [0.1, 0.15) is 69.8 Å². The molecule has 53 heavy (non-hydrogen) atoms. The summed E-state index contributed by atoms with van der Waals surface area (Å²) in [7, 11) is -2.18. The molecule has 292 valence electrons. The van der Waals surface area contributed by atoms with Gasteiger partial charge in [-0.05, 0) is 99.5 Å². The highest BCUT2D eigenvalue weighted by Crippen LogP contribution is 2.46. The fourth-order valence-electron chi connectivity index (χ4n) is 8.57. The van der Waals surface area contributed by atoms with E-state index in [1.165, 1.54) is 0 Å². The summed E-state index contributed by atoms with van der Waals surface area (Å²) in [6.45, 7) is 17.3. The number of hydrogen-bond acceptors (Lipinski definition) is 10. The van der Waals surface area contributed by atoms with Crippen molar-refractivity contribution >= 4 is 33.3 Å². The van der Waals surface area contributed by atoms with Crippen LogP contribution in [0.25, 0.3) is 0 Å². The van der Waals surface area contributed by atoms with E-state index in [-0.39, 0.29) is 17.5 Å². The zero-order chi connectivity index (χ0) is 37.8. The van der Waals surface area contributed by atoms with Gasteiger partial charge in [-0.25, -0.2) is 18.1 Å². The van der Waals surface area contributed by atoms with Crippen LogP contribution < -0.4 is 14.4 Å². The number of piperazine rings is 1. The number of methoxy groups -OCH3 is 1. The number of halogens is 1. The fourth-order valence-corrected chi connectivity index (χ4v) is 9.97. The molecule has 0 radical (unpaired) electrons. The van der Waals surface area contributed by atoms with Gasteiger partial charge in [-0.15, -0.1) is 0 Å². The number of hydrogen-bond donors (Lipinski definition) is 1. The minimum absolute atomic E-state index is 0.0403. The monoisotopic (exact) mass is 771 g/mol. The van der Waals surface area contributed by atoms with Gasteiger partial charge in [-0.1, -0.05) is 43.3 Å². The first kappa shape index (κ1) is 39.9. The number of allylic oxidation sites excluding steroid dienone is 5. The Kier molecular flexibility index (Phi) is 13.1. The second-order valence-electron chi connectivity index (χ2n) is 15.6. The standard InChI is InChI=1S/C40H58ClN5O6S/c1-6-33(41)22-31-11-7-8-17-46-23-32-12-13-35(32)40(50-5,27-44-18-19-45-20-21-51-26-34(45)24-44)16-9-10-28(2)30(4)53(48,49)43-39(47)36-14-15-37(38(46)42-36)52-25-29(31)3/h6,9,14-16,22,28,30,32,34-35H,1,7-8,10-13,17-21,23-27H2,2-5H3,(H,43,47)/b16-9+,31-29+,33-22+/t28-,30+,32-,34-,35+,40+/m0/s1. The minimum atomic E-state index is -4.00. The highest BCUT2D eigenvalue weighted by molar-refractivity contribution is 7.90. The number of sulfonamides is 1. The van der Waals surface area contributed by atoms with Crippen molar-refractivity contribution < 1.29 is 27.4 Å². The van der Waals surface area contributed by atoms with Gasteiger partial charge >= 0.3 is 0 Å². The van der Waals surface area contributed by atoms with Crippen LogP contribution in [0.4, 0.5) is 5.82 Å². The van der Waals surface area contributed by atoms with Crippen molar-refractivity contribution in [1.29, 1.82) is 0 Å². The Hall–Kier alpha value is -2.74. The molecule has 11 nitrogen and oxygen atoms in total. The molecule has 5 aliphatic rings. The van der Waals surface area contributed by atoms with Crippen LogP contribution in [-0.2, 0) is 19.5 Å². The first-order chi connectivity index (χ1) is 25.4. The van der Waals surface area contributed by atoms with Crippen molar-refractivity contribution in [2.75, 3.05) is 77.6 Å². The summed E-state index contributed by atoms with van der Waals surface area (Å²) in [5.41, 5.74) is 1.64. The normalized spacial score (nSPS) is 34.3. The van der Waals surface area contributed by atoms with E-state index in [1.54, 1.807) is 25.1 Å². The van der Waals surface area contributed by atoms with Crippen molar-refractivity contribution in [3.8, 4) is 5.75 Å². The Balaban J connectivity index is 1.37. The lowest BCUT2D eigenvalue weighted by Gasteiger charge is -2.52. The molecule has 3 fully saturated rings. The Morgan fingerprint density at radius 2 is 2.00 bits per heavy atom. The molecule has 2 saturated heterocycles. The molecule has 13 heteroatoms. The van der Waals surface area contributed by atoms with Gasteiger partial charge in [-0.2, -0.15) is 0 Å². The van der Waals surface area contributed by atoms with E-state index in [4.69, 9.17) is 30.8 Å². The van der Waals surface area contributed by atoms with Gasteiger partial charge in [0.1, 0.15) is 17.9 Å². The van der Waals surface area contributed by atoms with Crippen LogP contribution in [0.15, 0.2) is 59.2 Å². The van der Waals surface area contributed by atoms with Crippen LogP contribution in [0.3, 0.4) is 0 Å². The summed E-state index contributed by atoms with van der Waals surface area (Å²) in [5, 5.41) is -0.235. The van der Waals surface area contributed by atoms with E-state index in [0.29, 0.717) is 54.7 Å². The molecular weight excluding hydrogens is 714 g/mol. The molecule has 5 heterocycles. The Bertz CT molecular complexity index is 1700. The van der Waals surface area contributed by atoms with E-state index in [0.717, 1.165) is 89.2 Å². The van der Waals surface area contributed by atoms with Crippen molar-refractivity contribution in [3.05, 3.63) is 64.9 Å². The quantitative estimate of drug-likeness (QED) is 0.302. The van der Waals surface area contributed by atoms with E-state index in [2.05, 4.69) is 38.2 Å². The summed E-state index contributed by atoms with van der Waals surface area (Å²) in [4.78, 5) is 25.8. The number of anilines is 1. The summed E-state index contributed by atoms with van der Waals surface area (Å²) in [6, 6.07) is 3.67. The summed E-state index contributed by atoms with van der Waals surface area (Å²) >= 11 is 6.39. The SMILES string of the molecule is C=C/C(Cl)=C\C1=C(/C)COc2ccc3nc2N(CCCC1)C[C@@H]1CC[C@H]1[C@@](CN1CCN2CCOC[C@@H]2C1)(OC)/C=C/C[C@H](C)[C@@H](C)S(=O)(=O)NC3=O. The maximum atomic E-state index is 13.6. The number of fused-ring (bicyclic) bond motifs is 3. The average molecular weight is 772 g/mol. The molecule has 6 atom stereocenters. The van der Waals surface area contributed by atoms with Crippen LogP contribution in [0.2, 0.25) is 0 Å². The molecule has 4 aliphatic heterocycles. The van der Waals surface area contributed by atoms with Gasteiger partial charge in [-0.3, -0.25) is 14.6 Å². The molecule has 1 N–H and O–H groups in total. The largest absolute Gasteiger partial charge is 0.485 e. The van der Waals surface area contributed by atoms with E-state index in [9.17, 15) is 13.2 Å². The number of nitrogens with zero attached hydrogens (tertiary/aromatic N) is 4. The fraction of sp³-hybridized carbons (Fsp3) is 0.650. The number of amides is 1. The second kappa shape index (κ2) is 17.4. The number of carbonyl (C=O) groups excluding carboxylic acids is 1. The molecule has 0 unspecified atom stereocenters. The van der Waals surface area contributed by atoms with Gasteiger partial charge in [0.15, 0.2) is 11.6 Å². The molecular formula is C40H58ClN5O6S. The third-order valence-corrected chi connectivity index (χ3v) is 14.5. The van der Waals surface area contributed by atoms with E-state index in [1.807, 2.05) is 27.0 Å². The summed E-state index contributed by atoms with van der Waals surface area (Å²) in [5.74, 6) is 0.635. The Morgan fingerprint density at radius 1 is 1.17 bits per heavy atom. The lowest BCUT2D eigenvalue weighted by molar-refractivity contribution is -0.108. The van der Waals surface area contributed by atoms with Gasteiger partial charge in [0.2, 0.25) is 10.0 Å². The van der Waals surface area contributed by atoms with Gasteiger partial charge < -0.3 is 19.1 Å². The molecule has 2 bridgehead atoms. The Labute approximate surface area is 321 Å². The van der Waals surface area contributed by atoms with Crippen LogP contribution >= 0.6 is 11.6 Å². The summed E-state index contributed by atoms with van der Waals surface area (Å²) in [6.07, 6.45) is 13.2. The average Bonchev–Trinajstić information content (AvgIpc) is 3.16. The molecule has 1 aromatic heterocycles. The van der Waals surface area contributed by atoms with Crippen molar-refractivity contribution in [2.24, 2.45) is 17.8 Å². The molecule has 1 amide bonds. The predicted octanol–water partition coefficient (Wildman–Crippen LogP) is 5.55. The molecule has 6 rings (SSSR count). The first-order valence-corrected chi connectivity index (χ1v) is 21.3. The zero-order valence-corrected chi connectivity index (χ0v) is 33.5. The van der Waals surface area contributed by atoms with Crippen LogP contribution in [0, 0.1) is 17.8 Å². The predicted molar refractivity (Wildman–Crippen MR) is 210 cm³/mol. The smallest absolute Gasteiger partial charge is 0.283 e. The lowest BCUT2D eigenvalue weighted by atomic mass is 9.63. The number of ether oxygens (including phenoxy) is 3. The second-order valence-corrected chi connectivity index (χ2v) is 18.1. The third kappa shape index (κ3) is 9.22. The van der Waals surface area contributed by atoms with E-state index >= 15 is 0 Å².